The minimum absolute atomic E-state index is 0.189. The van der Waals surface area contributed by atoms with Crippen molar-refractivity contribution in [1.29, 1.82) is 0 Å². The molecule has 1 fully saturated rings. The van der Waals surface area contributed by atoms with Gasteiger partial charge in [0.25, 0.3) is 0 Å². The van der Waals surface area contributed by atoms with Crippen LogP contribution in [-0.4, -0.2) is 72.6 Å². The monoisotopic (exact) mass is 496 g/mol. The Morgan fingerprint density at radius 1 is 0.971 bits per heavy atom. The van der Waals surface area contributed by atoms with E-state index in [1.807, 2.05) is 49.4 Å². The highest BCUT2D eigenvalue weighted by Gasteiger charge is 2.38. The van der Waals surface area contributed by atoms with Crippen molar-refractivity contribution in [2.24, 2.45) is 0 Å². The zero-order valence-electron chi connectivity index (χ0n) is 20.4. The number of nitrogens with one attached hydrogen (secondary N) is 1. The van der Waals surface area contributed by atoms with Crippen LogP contribution in [0.2, 0.25) is 5.02 Å². The second-order valence-electron chi connectivity index (χ2n) is 8.80. The summed E-state index contributed by atoms with van der Waals surface area (Å²) in [6, 6.07) is 16.9. The first-order valence-corrected chi connectivity index (χ1v) is 12.6. The molecule has 1 atom stereocenters. The molecule has 0 radical (unpaired) electrons. The third-order valence-electron chi connectivity index (χ3n) is 6.54. The summed E-state index contributed by atoms with van der Waals surface area (Å²) in [6.07, 6.45) is 0. The van der Waals surface area contributed by atoms with Crippen LogP contribution in [0.25, 0.3) is 0 Å². The summed E-state index contributed by atoms with van der Waals surface area (Å²) in [5.74, 6) is -0.379. The number of rotatable bonds is 8. The lowest BCUT2D eigenvalue weighted by atomic mass is 9.94. The van der Waals surface area contributed by atoms with E-state index in [9.17, 15) is 9.59 Å². The van der Waals surface area contributed by atoms with E-state index in [0.717, 1.165) is 49.0 Å². The van der Waals surface area contributed by atoms with E-state index in [1.165, 1.54) is 5.56 Å². The summed E-state index contributed by atoms with van der Waals surface area (Å²) in [5.41, 5.74) is 3.35. The van der Waals surface area contributed by atoms with Gasteiger partial charge < -0.3 is 10.1 Å². The third kappa shape index (κ3) is 6.04. The SMILES string of the molecule is CCOC(=O)C1=C(CN2CCN(Cc3ccc(Cl)cc3)CC2)N(CC)C(=O)N[C@H]1c1ccccc1. The number of benzene rings is 2. The first-order valence-electron chi connectivity index (χ1n) is 12.2. The van der Waals surface area contributed by atoms with Crippen molar-refractivity contribution in [3.63, 3.8) is 0 Å². The van der Waals surface area contributed by atoms with E-state index >= 15 is 0 Å². The van der Waals surface area contributed by atoms with Gasteiger partial charge in [-0.2, -0.15) is 0 Å². The smallest absolute Gasteiger partial charge is 0.338 e. The Balaban J connectivity index is 1.55. The molecule has 0 saturated carbocycles. The van der Waals surface area contributed by atoms with Gasteiger partial charge in [-0.3, -0.25) is 14.7 Å². The third-order valence-corrected chi connectivity index (χ3v) is 6.79. The van der Waals surface area contributed by atoms with Crippen LogP contribution >= 0.6 is 11.6 Å². The lowest BCUT2D eigenvalue weighted by Gasteiger charge is -2.40. The van der Waals surface area contributed by atoms with Crippen LogP contribution in [0.1, 0.15) is 31.0 Å². The van der Waals surface area contributed by atoms with Crippen molar-refractivity contribution in [3.8, 4) is 0 Å². The number of amides is 2. The van der Waals surface area contributed by atoms with Crippen molar-refractivity contribution in [1.82, 2.24) is 20.0 Å². The predicted molar refractivity (Wildman–Crippen MR) is 137 cm³/mol. The average molecular weight is 497 g/mol. The zero-order chi connectivity index (χ0) is 24.8. The van der Waals surface area contributed by atoms with Crippen molar-refractivity contribution in [2.45, 2.75) is 26.4 Å². The maximum Gasteiger partial charge on any atom is 0.338 e. The molecule has 2 aliphatic heterocycles. The fraction of sp³-hybridized carbons (Fsp3) is 0.407. The fourth-order valence-corrected chi connectivity index (χ4v) is 4.84. The van der Waals surface area contributed by atoms with Crippen LogP contribution in [0.3, 0.4) is 0 Å². The largest absolute Gasteiger partial charge is 0.463 e. The van der Waals surface area contributed by atoms with Crippen LogP contribution in [0, 0.1) is 0 Å². The van der Waals surface area contributed by atoms with Gasteiger partial charge in [0, 0.05) is 56.5 Å². The molecule has 2 amide bonds. The lowest BCUT2D eigenvalue weighted by molar-refractivity contribution is -0.139. The van der Waals surface area contributed by atoms with Crippen molar-refractivity contribution in [2.75, 3.05) is 45.9 Å². The summed E-state index contributed by atoms with van der Waals surface area (Å²) in [7, 11) is 0. The van der Waals surface area contributed by atoms with Crippen molar-refractivity contribution < 1.29 is 14.3 Å². The molecule has 0 spiro atoms. The van der Waals surface area contributed by atoms with Crippen LogP contribution < -0.4 is 5.32 Å². The van der Waals surface area contributed by atoms with Gasteiger partial charge in [0.2, 0.25) is 0 Å². The topological polar surface area (TPSA) is 65.1 Å². The number of halogens is 1. The molecule has 2 aromatic rings. The molecule has 0 unspecified atom stereocenters. The molecule has 7 nitrogen and oxygen atoms in total. The summed E-state index contributed by atoms with van der Waals surface area (Å²) < 4.78 is 5.46. The van der Waals surface area contributed by atoms with E-state index < -0.39 is 6.04 Å². The standard InChI is InChI=1S/C27H33ClN4O3/c1-3-32-23(19-31-16-14-30(15-17-31)18-20-10-12-22(28)13-11-20)24(26(33)35-4-2)25(29-27(32)34)21-8-6-5-7-9-21/h5-13,25H,3-4,14-19H2,1-2H3,(H,29,34)/t25-/m0/s1. The Morgan fingerprint density at radius 2 is 1.60 bits per heavy atom. The van der Waals surface area contributed by atoms with E-state index in [0.29, 0.717) is 18.7 Å². The first-order chi connectivity index (χ1) is 17.0. The van der Waals surface area contributed by atoms with Gasteiger partial charge in [-0.15, -0.1) is 0 Å². The van der Waals surface area contributed by atoms with Crippen LogP contribution in [0.15, 0.2) is 65.9 Å². The number of urea groups is 1. The summed E-state index contributed by atoms with van der Waals surface area (Å²) >= 11 is 6.01. The molecule has 0 bridgehead atoms. The van der Waals surface area contributed by atoms with Crippen LogP contribution in [0.5, 0.6) is 0 Å². The zero-order valence-corrected chi connectivity index (χ0v) is 21.1. The molecule has 2 heterocycles. The number of likely N-dealkylation sites (N-methyl/N-ethyl adjacent to an activating group) is 1. The quantitative estimate of drug-likeness (QED) is 0.558. The number of ether oxygens (including phenoxy) is 1. The second kappa shape index (κ2) is 11.7. The molecule has 186 valence electrons. The number of carbonyl (C=O) groups excluding carboxylic acids is 2. The Kier molecular flexibility index (Phi) is 8.44. The van der Waals surface area contributed by atoms with Crippen LogP contribution in [-0.2, 0) is 16.1 Å². The number of carbonyl (C=O) groups is 2. The summed E-state index contributed by atoms with van der Waals surface area (Å²) in [6.45, 7) is 9.39. The summed E-state index contributed by atoms with van der Waals surface area (Å²) in [4.78, 5) is 32.6. The van der Waals surface area contributed by atoms with E-state index in [2.05, 4.69) is 27.2 Å². The molecular formula is C27H33ClN4O3. The number of nitrogens with zero attached hydrogens (tertiary/aromatic N) is 3. The molecule has 1 N–H and O–H groups in total. The van der Waals surface area contributed by atoms with Gasteiger partial charge in [0.15, 0.2) is 0 Å². The summed E-state index contributed by atoms with van der Waals surface area (Å²) in [5, 5.41) is 3.77. The van der Waals surface area contributed by atoms with E-state index in [4.69, 9.17) is 16.3 Å². The van der Waals surface area contributed by atoms with Gasteiger partial charge in [-0.05, 0) is 37.1 Å². The highest BCUT2D eigenvalue weighted by Crippen LogP contribution is 2.32. The van der Waals surface area contributed by atoms with Crippen molar-refractivity contribution >= 4 is 23.6 Å². The maximum atomic E-state index is 13.2. The van der Waals surface area contributed by atoms with Crippen LogP contribution in [0.4, 0.5) is 4.79 Å². The molecule has 8 heteroatoms. The Bertz CT molecular complexity index is 1050. The lowest BCUT2D eigenvalue weighted by Crippen LogP contribution is -2.53. The Labute approximate surface area is 212 Å². The fourth-order valence-electron chi connectivity index (χ4n) is 4.72. The Morgan fingerprint density at radius 3 is 2.20 bits per heavy atom. The molecule has 35 heavy (non-hydrogen) atoms. The van der Waals surface area contributed by atoms with Gasteiger partial charge in [0.05, 0.1) is 18.2 Å². The molecule has 2 aliphatic rings. The minimum atomic E-state index is -0.535. The highest BCUT2D eigenvalue weighted by atomic mass is 35.5. The van der Waals surface area contributed by atoms with Crippen molar-refractivity contribution in [3.05, 3.63) is 82.0 Å². The van der Waals surface area contributed by atoms with E-state index in [-0.39, 0.29) is 18.6 Å². The predicted octanol–water partition coefficient (Wildman–Crippen LogP) is 4.06. The van der Waals surface area contributed by atoms with Gasteiger partial charge in [-0.25, -0.2) is 9.59 Å². The molecular weight excluding hydrogens is 464 g/mol. The molecule has 1 saturated heterocycles. The van der Waals surface area contributed by atoms with Gasteiger partial charge in [-0.1, -0.05) is 54.1 Å². The van der Waals surface area contributed by atoms with Gasteiger partial charge >= 0.3 is 12.0 Å². The molecule has 0 aliphatic carbocycles. The normalized spacial score (nSPS) is 19.6. The minimum Gasteiger partial charge on any atom is -0.463 e. The average Bonchev–Trinajstić information content (AvgIpc) is 2.87. The maximum absolute atomic E-state index is 13.2. The number of piperazine rings is 1. The number of esters is 1. The second-order valence-corrected chi connectivity index (χ2v) is 9.23. The number of hydrogen-bond donors (Lipinski definition) is 1. The molecule has 2 aromatic carbocycles. The molecule has 0 aromatic heterocycles. The Hall–Kier alpha value is -2.87. The van der Waals surface area contributed by atoms with Gasteiger partial charge in [0.1, 0.15) is 0 Å². The molecule has 4 rings (SSSR count). The van der Waals surface area contributed by atoms with E-state index in [1.54, 1.807) is 11.8 Å². The highest BCUT2D eigenvalue weighted by molar-refractivity contribution is 6.30. The number of hydrogen-bond acceptors (Lipinski definition) is 5. The first kappa shape index (κ1) is 25.2.